The van der Waals surface area contributed by atoms with Crippen LogP contribution in [0.2, 0.25) is 0 Å². The zero-order chi connectivity index (χ0) is 15.4. The van der Waals surface area contributed by atoms with Gasteiger partial charge in [0.2, 0.25) is 0 Å². The lowest BCUT2D eigenvalue weighted by Crippen LogP contribution is -2.22. The number of benzene rings is 2. The molecular formula is C17H15N3O2. The number of hydrogen-bond acceptors (Lipinski definition) is 4. The smallest absolute Gasteiger partial charge is 0.258 e. The van der Waals surface area contributed by atoms with Crippen LogP contribution < -0.4 is 5.32 Å². The van der Waals surface area contributed by atoms with Gasteiger partial charge in [0.1, 0.15) is 0 Å². The number of aromatic nitrogens is 2. The number of anilines is 1. The minimum absolute atomic E-state index is 0.225. The van der Waals surface area contributed by atoms with Gasteiger partial charge in [-0.15, -0.1) is 0 Å². The molecule has 3 rings (SSSR count). The van der Waals surface area contributed by atoms with Gasteiger partial charge in [-0.2, -0.15) is 0 Å². The Morgan fingerprint density at radius 1 is 1.05 bits per heavy atom. The monoisotopic (exact) mass is 293 g/mol. The lowest BCUT2D eigenvalue weighted by Gasteiger charge is -2.15. The van der Waals surface area contributed by atoms with E-state index in [9.17, 15) is 4.79 Å². The minimum atomic E-state index is -0.654. The van der Waals surface area contributed by atoms with Gasteiger partial charge < -0.3 is 10.1 Å². The summed E-state index contributed by atoms with van der Waals surface area (Å²) < 4.78 is 5.32. The van der Waals surface area contributed by atoms with E-state index in [0.29, 0.717) is 5.69 Å². The molecule has 5 heteroatoms. The molecule has 5 nitrogen and oxygen atoms in total. The Hall–Kier alpha value is -2.79. The van der Waals surface area contributed by atoms with Crippen molar-refractivity contribution in [2.24, 2.45) is 0 Å². The zero-order valence-corrected chi connectivity index (χ0v) is 12.1. The third kappa shape index (κ3) is 2.94. The number of fused-ring (bicyclic) bond motifs is 1. The first kappa shape index (κ1) is 14.2. The number of nitrogens with zero attached hydrogens (tertiary/aromatic N) is 2. The van der Waals surface area contributed by atoms with Crippen molar-refractivity contribution in [1.29, 1.82) is 0 Å². The van der Waals surface area contributed by atoms with E-state index in [-0.39, 0.29) is 5.91 Å². The summed E-state index contributed by atoms with van der Waals surface area (Å²) in [4.78, 5) is 20.8. The standard InChI is InChI=1S/C17H15N3O2/c1-22-16(12-5-3-2-4-6-12)17(21)20-13-7-8-14-15(11-13)19-10-9-18-14/h2-11,16H,1H3,(H,20,21)/t16-/m1/s1. The Morgan fingerprint density at radius 3 is 2.50 bits per heavy atom. The highest BCUT2D eigenvalue weighted by molar-refractivity contribution is 5.96. The van der Waals surface area contributed by atoms with Gasteiger partial charge in [0.15, 0.2) is 6.10 Å². The number of carbonyl (C=O) groups is 1. The summed E-state index contributed by atoms with van der Waals surface area (Å²) in [5, 5.41) is 2.85. The highest BCUT2D eigenvalue weighted by Gasteiger charge is 2.19. The van der Waals surface area contributed by atoms with Gasteiger partial charge in [-0.1, -0.05) is 30.3 Å². The molecule has 0 radical (unpaired) electrons. The molecule has 1 atom stereocenters. The molecule has 0 aliphatic heterocycles. The van der Waals surface area contributed by atoms with Gasteiger partial charge in [0.05, 0.1) is 11.0 Å². The molecule has 0 bridgehead atoms. The lowest BCUT2D eigenvalue weighted by molar-refractivity contribution is -0.126. The number of nitrogens with one attached hydrogen (secondary N) is 1. The van der Waals surface area contributed by atoms with Gasteiger partial charge in [-0.3, -0.25) is 14.8 Å². The predicted octanol–water partition coefficient (Wildman–Crippen LogP) is 2.96. The molecule has 1 N–H and O–H groups in total. The third-order valence-electron chi connectivity index (χ3n) is 3.31. The van der Waals surface area contributed by atoms with E-state index in [1.54, 1.807) is 24.5 Å². The lowest BCUT2D eigenvalue weighted by atomic mass is 10.1. The first-order chi connectivity index (χ1) is 10.8. The Morgan fingerprint density at radius 2 is 1.77 bits per heavy atom. The summed E-state index contributed by atoms with van der Waals surface area (Å²) in [6.45, 7) is 0. The predicted molar refractivity (Wildman–Crippen MR) is 84.4 cm³/mol. The van der Waals surface area contributed by atoms with Gasteiger partial charge >= 0.3 is 0 Å². The van der Waals surface area contributed by atoms with Crippen LogP contribution in [-0.4, -0.2) is 23.0 Å². The molecule has 0 aliphatic rings. The normalized spacial score (nSPS) is 12.0. The van der Waals surface area contributed by atoms with E-state index in [2.05, 4.69) is 15.3 Å². The van der Waals surface area contributed by atoms with Crippen molar-refractivity contribution in [1.82, 2.24) is 9.97 Å². The largest absolute Gasteiger partial charge is 0.367 e. The van der Waals surface area contributed by atoms with Gasteiger partial charge in [-0.25, -0.2) is 0 Å². The molecule has 1 aromatic heterocycles. The van der Waals surface area contributed by atoms with Crippen LogP contribution in [0.3, 0.4) is 0 Å². The highest BCUT2D eigenvalue weighted by Crippen LogP contribution is 2.20. The second kappa shape index (κ2) is 6.32. The highest BCUT2D eigenvalue weighted by atomic mass is 16.5. The molecule has 0 unspecified atom stereocenters. The van der Waals surface area contributed by atoms with Crippen LogP contribution in [-0.2, 0) is 9.53 Å². The molecule has 3 aromatic rings. The maximum absolute atomic E-state index is 12.4. The number of hydrogen-bond donors (Lipinski definition) is 1. The van der Waals surface area contributed by atoms with Crippen molar-refractivity contribution in [3.63, 3.8) is 0 Å². The van der Waals surface area contributed by atoms with Crippen LogP contribution in [0.15, 0.2) is 60.9 Å². The first-order valence-electron chi connectivity index (χ1n) is 6.87. The van der Waals surface area contributed by atoms with Crippen LogP contribution >= 0.6 is 0 Å². The Balaban J connectivity index is 1.82. The maximum atomic E-state index is 12.4. The number of carbonyl (C=O) groups excluding carboxylic acids is 1. The molecule has 1 heterocycles. The topological polar surface area (TPSA) is 64.1 Å². The summed E-state index contributed by atoms with van der Waals surface area (Å²) in [5.74, 6) is -0.225. The number of rotatable bonds is 4. The SMILES string of the molecule is CO[C@@H](C(=O)Nc1ccc2nccnc2c1)c1ccccc1. The van der Waals surface area contributed by atoms with Crippen molar-refractivity contribution in [3.8, 4) is 0 Å². The third-order valence-corrected chi connectivity index (χ3v) is 3.31. The molecule has 22 heavy (non-hydrogen) atoms. The van der Waals surface area contributed by atoms with Crippen molar-refractivity contribution >= 4 is 22.6 Å². The molecule has 0 aliphatic carbocycles. The number of amides is 1. The van der Waals surface area contributed by atoms with E-state index in [1.807, 2.05) is 36.4 Å². The van der Waals surface area contributed by atoms with E-state index >= 15 is 0 Å². The van der Waals surface area contributed by atoms with Gasteiger partial charge in [-0.05, 0) is 23.8 Å². The fourth-order valence-electron chi connectivity index (χ4n) is 2.27. The van der Waals surface area contributed by atoms with Crippen LogP contribution in [0.1, 0.15) is 11.7 Å². The second-order valence-corrected chi connectivity index (χ2v) is 4.78. The number of methoxy groups -OCH3 is 1. The zero-order valence-electron chi connectivity index (χ0n) is 12.1. The fourth-order valence-corrected chi connectivity index (χ4v) is 2.27. The first-order valence-corrected chi connectivity index (χ1v) is 6.87. The van der Waals surface area contributed by atoms with Crippen molar-refractivity contribution in [2.75, 3.05) is 12.4 Å². The summed E-state index contributed by atoms with van der Waals surface area (Å²) in [6.07, 6.45) is 2.60. The average molecular weight is 293 g/mol. The molecule has 0 saturated carbocycles. The van der Waals surface area contributed by atoms with Crippen molar-refractivity contribution in [3.05, 3.63) is 66.5 Å². The van der Waals surface area contributed by atoms with E-state index < -0.39 is 6.10 Å². The molecule has 0 saturated heterocycles. The summed E-state index contributed by atoms with van der Waals surface area (Å²) in [7, 11) is 1.52. The van der Waals surface area contributed by atoms with Crippen LogP contribution in [0.25, 0.3) is 11.0 Å². The van der Waals surface area contributed by atoms with Gasteiger partial charge in [0, 0.05) is 25.2 Å². The average Bonchev–Trinajstić information content (AvgIpc) is 2.56. The second-order valence-electron chi connectivity index (χ2n) is 4.78. The quantitative estimate of drug-likeness (QED) is 0.803. The van der Waals surface area contributed by atoms with E-state index in [1.165, 1.54) is 7.11 Å². The maximum Gasteiger partial charge on any atom is 0.258 e. The summed E-state index contributed by atoms with van der Waals surface area (Å²) in [5.41, 5.74) is 2.99. The number of ether oxygens (including phenoxy) is 1. The molecule has 1 amide bonds. The fraction of sp³-hybridized carbons (Fsp3) is 0.118. The molecule has 110 valence electrons. The Labute approximate surface area is 128 Å². The molecular weight excluding hydrogens is 278 g/mol. The Bertz CT molecular complexity index is 790. The van der Waals surface area contributed by atoms with Crippen LogP contribution in [0, 0.1) is 0 Å². The van der Waals surface area contributed by atoms with E-state index in [4.69, 9.17) is 4.74 Å². The summed E-state index contributed by atoms with van der Waals surface area (Å²) in [6, 6.07) is 14.8. The Kier molecular flexibility index (Phi) is 4.07. The van der Waals surface area contributed by atoms with E-state index in [0.717, 1.165) is 16.6 Å². The molecule has 0 fully saturated rings. The molecule has 2 aromatic carbocycles. The van der Waals surface area contributed by atoms with Crippen LogP contribution in [0.4, 0.5) is 5.69 Å². The summed E-state index contributed by atoms with van der Waals surface area (Å²) >= 11 is 0. The van der Waals surface area contributed by atoms with Crippen molar-refractivity contribution < 1.29 is 9.53 Å². The van der Waals surface area contributed by atoms with Crippen molar-refractivity contribution in [2.45, 2.75) is 6.10 Å². The van der Waals surface area contributed by atoms with Crippen LogP contribution in [0.5, 0.6) is 0 Å². The van der Waals surface area contributed by atoms with Gasteiger partial charge in [0.25, 0.3) is 5.91 Å². The minimum Gasteiger partial charge on any atom is -0.367 e. The molecule has 0 spiro atoms.